The van der Waals surface area contributed by atoms with E-state index in [0.717, 1.165) is 18.8 Å². The molecular weight excluding hydrogens is 236 g/mol. The van der Waals surface area contributed by atoms with Gasteiger partial charge in [-0.25, -0.2) is 0 Å². The van der Waals surface area contributed by atoms with E-state index in [4.69, 9.17) is 5.73 Å². The van der Waals surface area contributed by atoms with Gasteiger partial charge < -0.3 is 10.6 Å². The van der Waals surface area contributed by atoms with E-state index >= 15 is 0 Å². The van der Waals surface area contributed by atoms with E-state index in [0.29, 0.717) is 23.3 Å². The average molecular weight is 256 g/mol. The summed E-state index contributed by atoms with van der Waals surface area (Å²) in [6.07, 6.45) is 2.58. The van der Waals surface area contributed by atoms with Gasteiger partial charge in [0.2, 0.25) is 0 Å². The largest absolute Gasteiger partial charge is 0.399 e. The van der Waals surface area contributed by atoms with Crippen molar-refractivity contribution in [3.05, 3.63) is 23.8 Å². The third-order valence-corrected chi connectivity index (χ3v) is 4.39. The molecule has 0 saturated carbocycles. The number of nitrogens with zero attached hydrogens (tertiary/aromatic N) is 3. The third-order valence-electron chi connectivity index (χ3n) is 4.39. The zero-order valence-electron chi connectivity index (χ0n) is 11.3. The topological polar surface area (TPSA) is 56.3 Å². The summed E-state index contributed by atoms with van der Waals surface area (Å²) < 4.78 is 0. The predicted molar refractivity (Wildman–Crippen MR) is 77.0 cm³/mol. The first-order chi connectivity index (χ1) is 9.19. The molecule has 4 heteroatoms. The van der Waals surface area contributed by atoms with E-state index in [9.17, 15) is 5.26 Å². The van der Waals surface area contributed by atoms with Crippen molar-refractivity contribution in [1.82, 2.24) is 4.90 Å². The Hall–Kier alpha value is -1.73. The summed E-state index contributed by atoms with van der Waals surface area (Å²) in [7, 11) is 0. The molecule has 0 aromatic heterocycles. The number of fused-ring (bicyclic) bond motifs is 1. The molecule has 19 heavy (non-hydrogen) atoms. The lowest BCUT2D eigenvalue weighted by atomic mass is 10.0. The van der Waals surface area contributed by atoms with Gasteiger partial charge in [0, 0.05) is 30.9 Å². The smallest absolute Gasteiger partial charge is 0.101 e. The van der Waals surface area contributed by atoms with E-state index in [1.54, 1.807) is 6.07 Å². The van der Waals surface area contributed by atoms with Crippen molar-refractivity contribution in [2.75, 3.05) is 30.3 Å². The van der Waals surface area contributed by atoms with Crippen LogP contribution in [0.1, 0.15) is 25.3 Å². The predicted octanol–water partition coefficient (Wildman–Crippen LogP) is 1.81. The van der Waals surface area contributed by atoms with Crippen LogP contribution in [0.2, 0.25) is 0 Å². The number of benzene rings is 1. The van der Waals surface area contributed by atoms with Crippen molar-refractivity contribution >= 4 is 11.4 Å². The first kappa shape index (κ1) is 12.3. The van der Waals surface area contributed by atoms with Crippen LogP contribution >= 0.6 is 0 Å². The maximum Gasteiger partial charge on any atom is 0.101 e. The molecule has 0 radical (unpaired) electrons. The van der Waals surface area contributed by atoms with Crippen molar-refractivity contribution in [2.45, 2.75) is 31.8 Å². The minimum Gasteiger partial charge on any atom is -0.399 e. The molecule has 2 heterocycles. The quantitative estimate of drug-likeness (QED) is 0.779. The number of rotatable bonds is 1. The number of piperazine rings is 1. The fourth-order valence-corrected chi connectivity index (χ4v) is 3.42. The lowest BCUT2D eigenvalue weighted by Gasteiger charge is -2.44. The van der Waals surface area contributed by atoms with Crippen LogP contribution < -0.4 is 10.6 Å². The Bertz CT molecular complexity index is 519. The molecule has 3 rings (SSSR count). The Morgan fingerprint density at radius 2 is 2.21 bits per heavy atom. The summed E-state index contributed by atoms with van der Waals surface area (Å²) in [5.74, 6) is 0. The second-order valence-electron chi connectivity index (χ2n) is 5.68. The highest BCUT2D eigenvalue weighted by Gasteiger charge is 2.35. The Morgan fingerprint density at radius 3 is 3.00 bits per heavy atom. The molecule has 0 aliphatic carbocycles. The Morgan fingerprint density at radius 1 is 1.37 bits per heavy atom. The molecule has 2 atom stereocenters. The summed E-state index contributed by atoms with van der Waals surface area (Å²) >= 11 is 0. The monoisotopic (exact) mass is 256 g/mol. The second-order valence-corrected chi connectivity index (χ2v) is 5.68. The molecule has 2 unspecified atom stereocenters. The van der Waals surface area contributed by atoms with Gasteiger partial charge in [-0.05, 0) is 44.5 Å². The van der Waals surface area contributed by atoms with E-state index in [1.165, 1.54) is 19.4 Å². The molecule has 2 aliphatic rings. The minimum atomic E-state index is 0.449. The van der Waals surface area contributed by atoms with Crippen LogP contribution in [0.3, 0.4) is 0 Å². The molecule has 2 fully saturated rings. The van der Waals surface area contributed by atoms with Gasteiger partial charge in [0.15, 0.2) is 0 Å². The summed E-state index contributed by atoms with van der Waals surface area (Å²) in [6, 6.07) is 9.05. The molecule has 0 bridgehead atoms. The normalized spacial score (nSPS) is 27.1. The Labute approximate surface area is 114 Å². The maximum atomic E-state index is 9.30. The van der Waals surface area contributed by atoms with Crippen molar-refractivity contribution in [1.29, 1.82) is 5.26 Å². The van der Waals surface area contributed by atoms with Gasteiger partial charge in [0.05, 0.1) is 11.3 Å². The van der Waals surface area contributed by atoms with Crippen LogP contribution in [0.25, 0.3) is 0 Å². The number of hydrogen-bond acceptors (Lipinski definition) is 4. The maximum absolute atomic E-state index is 9.30. The molecule has 1 aromatic rings. The molecule has 2 N–H and O–H groups in total. The molecular formula is C15H20N4. The van der Waals surface area contributed by atoms with Gasteiger partial charge >= 0.3 is 0 Å². The molecule has 4 nitrogen and oxygen atoms in total. The van der Waals surface area contributed by atoms with Crippen molar-refractivity contribution < 1.29 is 0 Å². The van der Waals surface area contributed by atoms with Crippen LogP contribution in [-0.4, -0.2) is 36.6 Å². The molecule has 1 aromatic carbocycles. The Kier molecular flexibility index (Phi) is 3.08. The molecule has 2 saturated heterocycles. The Balaban J connectivity index is 1.91. The van der Waals surface area contributed by atoms with Gasteiger partial charge in [0.1, 0.15) is 6.07 Å². The fraction of sp³-hybridized carbons (Fsp3) is 0.533. The SMILES string of the molecule is CC1CN2CCCC2CN1c1ccc(N)cc1C#N. The summed E-state index contributed by atoms with van der Waals surface area (Å²) in [5, 5.41) is 9.30. The van der Waals surface area contributed by atoms with Crippen LogP contribution in [0.4, 0.5) is 11.4 Å². The number of nitriles is 1. The van der Waals surface area contributed by atoms with Gasteiger partial charge in [-0.3, -0.25) is 4.90 Å². The highest BCUT2D eigenvalue weighted by atomic mass is 15.3. The van der Waals surface area contributed by atoms with Crippen LogP contribution in [0.5, 0.6) is 0 Å². The van der Waals surface area contributed by atoms with E-state index in [2.05, 4.69) is 22.8 Å². The third kappa shape index (κ3) is 2.15. The number of nitrogen functional groups attached to an aromatic ring is 1. The molecule has 2 aliphatic heterocycles. The fourth-order valence-electron chi connectivity index (χ4n) is 3.42. The summed E-state index contributed by atoms with van der Waals surface area (Å²) in [4.78, 5) is 4.97. The molecule has 0 spiro atoms. The zero-order valence-corrected chi connectivity index (χ0v) is 11.3. The number of anilines is 2. The first-order valence-electron chi connectivity index (χ1n) is 6.99. The number of nitrogens with two attached hydrogens (primary N) is 1. The van der Waals surface area contributed by atoms with E-state index in [-0.39, 0.29) is 0 Å². The van der Waals surface area contributed by atoms with Crippen LogP contribution in [0.15, 0.2) is 18.2 Å². The average Bonchev–Trinajstić information content (AvgIpc) is 2.85. The van der Waals surface area contributed by atoms with Gasteiger partial charge in [0.25, 0.3) is 0 Å². The highest BCUT2D eigenvalue weighted by molar-refractivity contribution is 5.65. The van der Waals surface area contributed by atoms with Crippen LogP contribution in [0, 0.1) is 11.3 Å². The van der Waals surface area contributed by atoms with Crippen molar-refractivity contribution in [2.24, 2.45) is 0 Å². The zero-order chi connectivity index (χ0) is 13.4. The number of hydrogen-bond donors (Lipinski definition) is 1. The first-order valence-corrected chi connectivity index (χ1v) is 6.99. The highest BCUT2D eigenvalue weighted by Crippen LogP contribution is 2.31. The molecule has 100 valence electrons. The standard InChI is InChI=1S/C15H20N4/c1-11-9-18-6-2-3-14(18)10-19(11)15-5-4-13(17)7-12(15)8-16/h4-5,7,11,14H,2-3,6,9-10,17H2,1H3. The lowest BCUT2D eigenvalue weighted by Crippen LogP contribution is -2.55. The summed E-state index contributed by atoms with van der Waals surface area (Å²) in [5.41, 5.74) is 8.17. The molecule has 0 amide bonds. The van der Waals surface area contributed by atoms with E-state index in [1.807, 2.05) is 12.1 Å². The summed E-state index contributed by atoms with van der Waals surface area (Å²) in [6.45, 7) is 5.60. The van der Waals surface area contributed by atoms with E-state index < -0.39 is 0 Å². The second kappa shape index (κ2) is 4.75. The van der Waals surface area contributed by atoms with Gasteiger partial charge in [-0.15, -0.1) is 0 Å². The van der Waals surface area contributed by atoms with Crippen LogP contribution in [-0.2, 0) is 0 Å². The minimum absolute atomic E-state index is 0.449. The van der Waals surface area contributed by atoms with Crippen molar-refractivity contribution in [3.8, 4) is 6.07 Å². The van der Waals surface area contributed by atoms with Gasteiger partial charge in [-0.1, -0.05) is 0 Å². The van der Waals surface area contributed by atoms with Crippen molar-refractivity contribution in [3.63, 3.8) is 0 Å². The lowest BCUT2D eigenvalue weighted by molar-refractivity contribution is 0.203. The van der Waals surface area contributed by atoms with Gasteiger partial charge in [-0.2, -0.15) is 5.26 Å².